The first-order valence-electron chi connectivity index (χ1n) is 12.4. The predicted octanol–water partition coefficient (Wildman–Crippen LogP) is 6.88. The summed E-state index contributed by atoms with van der Waals surface area (Å²) in [7, 11) is 0. The fourth-order valence-corrected chi connectivity index (χ4v) is 4.84. The summed E-state index contributed by atoms with van der Waals surface area (Å²) in [6.07, 6.45) is 3.88. The third-order valence-electron chi connectivity index (χ3n) is 6.69. The molecule has 5 rings (SSSR count). The first kappa shape index (κ1) is 22.6. The molecule has 0 N–H and O–H groups in total. The molecule has 1 unspecified atom stereocenters. The van der Waals surface area contributed by atoms with E-state index in [1.54, 1.807) is 0 Å². The predicted molar refractivity (Wildman–Crippen MR) is 134 cm³/mol. The first-order valence-corrected chi connectivity index (χ1v) is 12.4. The van der Waals surface area contributed by atoms with Crippen LogP contribution in [0.3, 0.4) is 0 Å². The van der Waals surface area contributed by atoms with Gasteiger partial charge < -0.3 is 18.9 Å². The minimum absolute atomic E-state index is 0.120. The molecule has 178 valence electrons. The van der Waals surface area contributed by atoms with Gasteiger partial charge in [-0.1, -0.05) is 49.4 Å². The van der Waals surface area contributed by atoms with Gasteiger partial charge in [-0.2, -0.15) is 0 Å². The highest BCUT2D eigenvalue weighted by Crippen LogP contribution is 2.45. The fourth-order valence-electron chi connectivity index (χ4n) is 4.84. The van der Waals surface area contributed by atoms with Gasteiger partial charge in [0.1, 0.15) is 35.2 Å². The van der Waals surface area contributed by atoms with Crippen LogP contribution < -0.4 is 18.9 Å². The molecule has 3 aromatic carbocycles. The van der Waals surface area contributed by atoms with Gasteiger partial charge in [0.15, 0.2) is 0 Å². The Kier molecular flexibility index (Phi) is 6.40. The summed E-state index contributed by atoms with van der Waals surface area (Å²) >= 11 is 0. The van der Waals surface area contributed by atoms with E-state index in [1.807, 2.05) is 24.3 Å². The molecule has 2 heterocycles. The van der Waals surface area contributed by atoms with Crippen molar-refractivity contribution in [1.29, 1.82) is 0 Å². The molecule has 0 fully saturated rings. The highest BCUT2D eigenvalue weighted by Gasteiger charge is 2.32. The molecular weight excluding hydrogens is 424 g/mol. The molecular formula is C30H34O4. The third kappa shape index (κ3) is 4.86. The van der Waals surface area contributed by atoms with Gasteiger partial charge in [0.25, 0.3) is 0 Å². The van der Waals surface area contributed by atoms with Crippen molar-refractivity contribution >= 4 is 0 Å². The Balaban J connectivity index is 1.40. The summed E-state index contributed by atoms with van der Waals surface area (Å²) in [6, 6.07) is 20.8. The van der Waals surface area contributed by atoms with E-state index in [2.05, 4.69) is 57.2 Å². The van der Waals surface area contributed by atoms with Crippen molar-refractivity contribution in [2.75, 3.05) is 13.2 Å². The molecule has 4 nitrogen and oxygen atoms in total. The van der Waals surface area contributed by atoms with Crippen molar-refractivity contribution in [3.63, 3.8) is 0 Å². The van der Waals surface area contributed by atoms with Gasteiger partial charge in [0, 0.05) is 23.1 Å². The molecule has 0 radical (unpaired) electrons. The van der Waals surface area contributed by atoms with Crippen LogP contribution in [0.15, 0.2) is 60.7 Å². The Hall–Kier alpha value is -3.14. The Bertz CT molecular complexity index is 1140. The Morgan fingerprint density at radius 2 is 1.85 bits per heavy atom. The second-order valence-corrected chi connectivity index (χ2v) is 9.93. The summed E-state index contributed by atoms with van der Waals surface area (Å²) < 4.78 is 24.9. The smallest absolute Gasteiger partial charge is 0.129 e. The van der Waals surface area contributed by atoms with Gasteiger partial charge in [-0.15, -0.1) is 0 Å². The van der Waals surface area contributed by atoms with E-state index in [-0.39, 0.29) is 11.5 Å². The van der Waals surface area contributed by atoms with Crippen molar-refractivity contribution in [3.05, 3.63) is 82.9 Å². The topological polar surface area (TPSA) is 36.9 Å². The number of ether oxygens (including phenoxy) is 4. The second-order valence-electron chi connectivity index (χ2n) is 9.93. The van der Waals surface area contributed by atoms with Crippen molar-refractivity contribution in [3.8, 4) is 23.0 Å². The molecule has 3 aromatic rings. The number of fused-ring (bicyclic) bond motifs is 3. The van der Waals surface area contributed by atoms with E-state index in [0.29, 0.717) is 19.8 Å². The zero-order valence-electron chi connectivity index (χ0n) is 20.4. The van der Waals surface area contributed by atoms with Gasteiger partial charge in [0.2, 0.25) is 0 Å². The van der Waals surface area contributed by atoms with Crippen molar-refractivity contribution in [2.24, 2.45) is 0 Å². The molecule has 2 aliphatic rings. The monoisotopic (exact) mass is 458 g/mol. The van der Waals surface area contributed by atoms with Crippen LogP contribution in [0.25, 0.3) is 0 Å². The lowest BCUT2D eigenvalue weighted by atomic mass is 9.86. The molecule has 0 saturated heterocycles. The largest absolute Gasteiger partial charge is 0.493 e. The summed E-state index contributed by atoms with van der Waals surface area (Å²) in [6.45, 7) is 8.26. The standard InChI is InChI=1S/C30H34O4/c1-4-16-31-24-11-12-25(28(18-24)32-19-21-8-6-5-7-9-21)23-17-22-10-13-27-26(29(22)33-20-23)14-15-30(2,3)34-27/h5-13,18,23H,4,14-17,19-20H2,1-3H3. The molecule has 4 heteroatoms. The highest BCUT2D eigenvalue weighted by atomic mass is 16.5. The normalized spacial score (nSPS) is 18.1. The second kappa shape index (κ2) is 9.61. The molecule has 0 aromatic heterocycles. The van der Waals surface area contributed by atoms with Gasteiger partial charge in [-0.25, -0.2) is 0 Å². The first-order chi connectivity index (χ1) is 16.5. The lowest BCUT2D eigenvalue weighted by Gasteiger charge is -2.36. The van der Waals surface area contributed by atoms with Gasteiger partial charge >= 0.3 is 0 Å². The minimum atomic E-state index is -0.120. The van der Waals surface area contributed by atoms with Gasteiger partial charge in [0.05, 0.1) is 13.2 Å². The van der Waals surface area contributed by atoms with E-state index in [9.17, 15) is 0 Å². The van der Waals surface area contributed by atoms with Crippen LogP contribution in [-0.2, 0) is 19.4 Å². The van der Waals surface area contributed by atoms with Crippen LogP contribution in [0.5, 0.6) is 23.0 Å². The van der Waals surface area contributed by atoms with Crippen LogP contribution in [-0.4, -0.2) is 18.8 Å². The van der Waals surface area contributed by atoms with E-state index < -0.39 is 0 Å². The van der Waals surface area contributed by atoms with Crippen molar-refractivity contribution in [2.45, 2.75) is 64.6 Å². The Morgan fingerprint density at radius 1 is 1.00 bits per heavy atom. The van der Waals surface area contributed by atoms with Crippen molar-refractivity contribution in [1.82, 2.24) is 0 Å². The maximum absolute atomic E-state index is 6.40. The molecule has 2 aliphatic heterocycles. The average Bonchev–Trinajstić information content (AvgIpc) is 2.85. The molecule has 0 spiro atoms. The number of rotatable bonds is 7. The minimum Gasteiger partial charge on any atom is -0.493 e. The lowest BCUT2D eigenvalue weighted by molar-refractivity contribution is 0.0826. The molecule has 34 heavy (non-hydrogen) atoms. The number of hydrogen-bond donors (Lipinski definition) is 0. The van der Waals surface area contributed by atoms with E-state index >= 15 is 0 Å². The van der Waals surface area contributed by atoms with E-state index in [0.717, 1.165) is 54.2 Å². The summed E-state index contributed by atoms with van der Waals surface area (Å²) in [5.74, 6) is 3.94. The van der Waals surface area contributed by atoms with Crippen LogP contribution in [0.1, 0.15) is 61.8 Å². The summed E-state index contributed by atoms with van der Waals surface area (Å²) in [5, 5.41) is 0. The molecule has 0 saturated carbocycles. The third-order valence-corrected chi connectivity index (χ3v) is 6.69. The van der Waals surface area contributed by atoms with Gasteiger partial charge in [-0.05, 0) is 62.8 Å². The number of hydrogen-bond acceptors (Lipinski definition) is 4. The van der Waals surface area contributed by atoms with Gasteiger partial charge in [-0.3, -0.25) is 0 Å². The summed E-state index contributed by atoms with van der Waals surface area (Å²) in [4.78, 5) is 0. The molecule has 0 bridgehead atoms. The summed E-state index contributed by atoms with van der Waals surface area (Å²) in [5.41, 5.74) is 4.66. The zero-order chi connectivity index (χ0) is 23.5. The lowest BCUT2D eigenvalue weighted by Crippen LogP contribution is -2.33. The molecule has 0 aliphatic carbocycles. The highest BCUT2D eigenvalue weighted by molar-refractivity contribution is 5.54. The Morgan fingerprint density at radius 3 is 2.68 bits per heavy atom. The SMILES string of the molecule is CCCOc1ccc(C2COc3c(ccc4c3CCC(C)(C)O4)C2)c(OCc2ccccc2)c1. The van der Waals surface area contributed by atoms with Crippen LogP contribution >= 0.6 is 0 Å². The quantitative estimate of drug-likeness (QED) is 0.387. The van der Waals surface area contributed by atoms with Crippen LogP contribution in [0.2, 0.25) is 0 Å². The maximum atomic E-state index is 6.40. The van der Waals surface area contributed by atoms with E-state index in [4.69, 9.17) is 18.9 Å². The fraction of sp³-hybridized carbons (Fsp3) is 0.400. The molecule has 1 atom stereocenters. The average molecular weight is 459 g/mol. The van der Waals surface area contributed by atoms with Crippen molar-refractivity contribution < 1.29 is 18.9 Å². The maximum Gasteiger partial charge on any atom is 0.129 e. The van der Waals surface area contributed by atoms with Crippen LogP contribution in [0, 0.1) is 0 Å². The van der Waals surface area contributed by atoms with E-state index in [1.165, 1.54) is 16.7 Å². The number of benzene rings is 3. The Labute approximate surface area is 202 Å². The zero-order valence-corrected chi connectivity index (χ0v) is 20.4. The molecule has 0 amide bonds. The van der Waals surface area contributed by atoms with Crippen LogP contribution in [0.4, 0.5) is 0 Å².